The molecule has 0 fully saturated rings. The highest BCUT2D eigenvalue weighted by atomic mass is 16.5. The first-order valence-corrected chi connectivity index (χ1v) is 12.9. The molecule has 0 aliphatic heterocycles. The van der Waals surface area contributed by atoms with Crippen molar-refractivity contribution in [2.24, 2.45) is 0 Å². The van der Waals surface area contributed by atoms with E-state index in [4.69, 9.17) is 14.5 Å². The summed E-state index contributed by atoms with van der Waals surface area (Å²) in [5.41, 5.74) is 4.17. The topological polar surface area (TPSA) is 85.7 Å². The normalized spacial score (nSPS) is 10.9. The van der Waals surface area contributed by atoms with Crippen LogP contribution >= 0.6 is 0 Å². The second kappa shape index (κ2) is 12.9. The molecule has 1 aromatic heterocycles. The molecule has 0 saturated carbocycles. The first-order valence-electron chi connectivity index (χ1n) is 12.9. The zero-order valence-electron chi connectivity index (χ0n) is 22.8. The summed E-state index contributed by atoms with van der Waals surface area (Å²) in [7, 11) is 3.10. The SMILES string of the molecule is COCCN(CC(=O)Nc1nc(-c2ccccc2)cn1-c1ccc(C(C)C)cc1)C(=O)c1cccc(OC)c1. The maximum absolute atomic E-state index is 13.3. The number of nitrogens with zero attached hydrogens (tertiary/aromatic N) is 3. The van der Waals surface area contributed by atoms with Gasteiger partial charge in [-0.1, -0.05) is 62.4 Å². The molecule has 2 amide bonds. The lowest BCUT2D eigenvalue weighted by atomic mass is 10.0. The predicted molar refractivity (Wildman–Crippen MR) is 152 cm³/mol. The van der Waals surface area contributed by atoms with E-state index in [2.05, 4.69) is 31.3 Å². The van der Waals surface area contributed by atoms with Gasteiger partial charge in [0.2, 0.25) is 11.9 Å². The van der Waals surface area contributed by atoms with Gasteiger partial charge in [-0.15, -0.1) is 0 Å². The van der Waals surface area contributed by atoms with Crippen LogP contribution in [-0.2, 0) is 9.53 Å². The minimum atomic E-state index is -0.368. The smallest absolute Gasteiger partial charge is 0.254 e. The number of hydrogen-bond acceptors (Lipinski definition) is 5. The molecule has 3 aromatic carbocycles. The van der Waals surface area contributed by atoms with Crippen LogP contribution in [0.5, 0.6) is 5.75 Å². The highest BCUT2D eigenvalue weighted by Gasteiger charge is 2.21. The summed E-state index contributed by atoms with van der Waals surface area (Å²) < 4.78 is 12.3. The van der Waals surface area contributed by atoms with Gasteiger partial charge in [0.25, 0.3) is 5.91 Å². The molecule has 1 N–H and O–H groups in total. The lowest BCUT2D eigenvalue weighted by molar-refractivity contribution is -0.117. The van der Waals surface area contributed by atoms with Crippen LogP contribution in [0.1, 0.15) is 35.7 Å². The Morgan fingerprint density at radius 1 is 0.974 bits per heavy atom. The zero-order valence-corrected chi connectivity index (χ0v) is 22.8. The van der Waals surface area contributed by atoms with E-state index in [1.807, 2.05) is 53.2 Å². The molecule has 0 aliphatic carbocycles. The third kappa shape index (κ3) is 6.91. The Kier molecular flexibility index (Phi) is 9.12. The molecule has 39 heavy (non-hydrogen) atoms. The minimum Gasteiger partial charge on any atom is -0.497 e. The van der Waals surface area contributed by atoms with Crippen LogP contribution in [0.25, 0.3) is 16.9 Å². The number of rotatable bonds is 11. The molecule has 0 unspecified atom stereocenters. The van der Waals surface area contributed by atoms with Gasteiger partial charge in [0.05, 0.1) is 19.4 Å². The molecular formula is C31H34N4O4. The fourth-order valence-electron chi connectivity index (χ4n) is 4.16. The molecule has 0 radical (unpaired) electrons. The summed E-state index contributed by atoms with van der Waals surface area (Å²) in [6, 6.07) is 24.8. The standard InChI is InChI=1S/C31H34N4O4/c1-22(2)23-13-15-26(16-14-23)35-20-28(24-9-6-5-7-10-24)32-31(35)33-29(36)21-34(17-18-38-3)30(37)25-11-8-12-27(19-25)39-4/h5-16,19-20,22H,17-18,21H2,1-4H3,(H,32,33,36). The number of anilines is 1. The second-order valence-electron chi connectivity index (χ2n) is 9.43. The molecule has 4 aromatic rings. The average Bonchev–Trinajstić information content (AvgIpc) is 3.38. The van der Waals surface area contributed by atoms with Crippen molar-refractivity contribution in [3.05, 3.63) is 96.2 Å². The Bertz CT molecular complexity index is 1400. The molecule has 0 bridgehead atoms. The predicted octanol–water partition coefficient (Wildman–Crippen LogP) is 5.40. The van der Waals surface area contributed by atoms with Crippen LogP contribution in [0, 0.1) is 0 Å². The molecule has 1 heterocycles. The Morgan fingerprint density at radius 2 is 1.72 bits per heavy atom. The van der Waals surface area contributed by atoms with E-state index in [1.54, 1.807) is 38.5 Å². The molecule has 0 spiro atoms. The van der Waals surface area contributed by atoms with E-state index in [0.29, 0.717) is 23.2 Å². The zero-order chi connectivity index (χ0) is 27.8. The van der Waals surface area contributed by atoms with E-state index in [0.717, 1.165) is 16.9 Å². The van der Waals surface area contributed by atoms with Crippen molar-refractivity contribution in [1.29, 1.82) is 0 Å². The van der Waals surface area contributed by atoms with Gasteiger partial charge < -0.3 is 14.4 Å². The Balaban J connectivity index is 1.61. The van der Waals surface area contributed by atoms with Crippen molar-refractivity contribution in [3.63, 3.8) is 0 Å². The number of nitrogens with one attached hydrogen (secondary N) is 1. The fraction of sp³-hybridized carbons (Fsp3) is 0.258. The molecule has 4 rings (SSSR count). The number of benzene rings is 3. The van der Waals surface area contributed by atoms with Gasteiger partial charge in [0, 0.05) is 36.7 Å². The minimum absolute atomic E-state index is 0.167. The largest absolute Gasteiger partial charge is 0.497 e. The Hall–Kier alpha value is -4.43. The summed E-state index contributed by atoms with van der Waals surface area (Å²) in [6.45, 7) is 4.67. The molecular weight excluding hydrogens is 492 g/mol. The first kappa shape index (κ1) is 27.6. The van der Waals surface area contributed by atoms with Gasteiger partial charge in [-0.3, -0.25) is 19.5 Å². The van der Waals surface area contributed by atoms with Crippen LogP contribution in [0.15, 0.2) is 85.1 Å². The third-order valence-electron chi connectivity index (χ3n) is 6.37. The summed E-state index contributed by atoms with van der Waals surface area (Å²) in [5, 5.41) is 2.93. The van der Waals surface area contributed by atoms with Gasteiger partial charge in [0.1, 0.15) is 12.3 Å². The lowest BCUT2D eigenvalue weighted by Gasteiger charge is -2.22. The van der Waals surface area contributed by atoms with Gasteiger partial charge in [-0.25, -0.2) is 4.98 Å². The van der Waals surface area contributed by atoms with Crippen LogP contribution in [-0.4, -0.2) is 60.2 Å². The summed E-state index contributed by atoms with van der Waals surface area (Å²) in [4.78, 5) is 32.8. The third-order valence-corrected chi connectivity index (χ3v) is 6.37. The number of carbonyl (C=O) groups is 2. The lowest BCUT2D eigenvalue weighted by Crippen LogP contribution is -2.40. The van der Waals surface area contributed by atoms with Gasteiger partial charge in [0.15, 0.2) is 0 Å². The monoisotopic (exact) mass is 526 g/mol. The second-order valence-corrected chi connectivity index (χ2v) is 9.43. The molecule has 8 nitrogen and oxygen atoms in total. The fourth-order valence-corrected chi connectivity index (χ4v) is 4.16. The Labute approximate surface area is 229 Å². The maximum atomic E-state index is 13.3. The number of imidazole rings is 1. The van der Waals surface area contributed by atoms with Crippen molar-refractivity contribution < 1.29 is 19.1 Å². The number of methoxy groups -OCH3 is 2. The van der Waals surface area contributed by atoms with Crippen molar-refractivity contribution in [1.82, 2.24) is 14.5 Å². The van der Waals surface area contributed by atoms with E-state index in [9.17, 15) is 9.59 Å². The van der Waals surface area contributed by atoms with Crippen molar-refractivity contribution in [2.75, 3.05) is 39.2 Å². The van der Waals surface area contributed by atoms with Crippen LogP contribution in [0.3, 0.4) is 0 Å². The number of ether oxygens (including phenoxy) is 2. The van der Waals surface area contributed by atoms with E-state index in [1.165, 1.54) is 10.5 Å². The van der Waals surface area contributed by atoms with Crippen molar-refractivity contribution >= 4 is 17.8 Å². The Morgan fingerprint density at radius 3 is 2.38 bits per heavy atom. The summed E-state index contributed by atoms with van der Waals surface area (Å²) >= 11 is 0. The van der Waals surface area contributed by atoms with Crippen LogP contribution < -0.4 is 10.1 Å². The van der Waals surface area contributed by atoms with E-state index < -0.39 is 0 Å². The summed E-state index contributed by atoms with van der Waals surface area (Å²) in [6.07, 6.45) is 1.90. The highest BCUT2D eigenvalue weighted by molar-refractivity contribution is 5.99. The average molecular weight is 527 g/mol. The van der Waals surface area contributed by atoms with Crippen LogP contribution in [0.2, 0.25) is 0 Å². The molecule has 202 valence electrons. The molecule has 0 atom stereocenters. The van der Waals surface area contributed by atoms with Gasteiger partial charge in [-0.2, -0.15) is 0 Å². The van der Waals surface area contributed by atoms with E-state index >= 15 is 0 Å². The van der Waals surface area contributed by atoms with Crippen LogP contribution in [0.4, 0.5) is 5.95 Å². The highest BCUT2D eigenvalue weighted by Crippen LogP contribution is 2.25. The van der Waals surface area contributed by atoms with Gasteiger partial charge >= 0.3 is 0 Å². The maximum Gasteiger partial charge on any atom is 0.254 e. The molecule has 0 aliphatic rings. The van der Waals surface area contributed by atoms with E-state index in [-0.39, 0.29) is 31.5 Å². The molecule has 0 saturated heterocycles. The number of hydrogen-bond donors (Lipinski definition) is 1. The first-order chi connectivity index (χ1) is 18.9. The quantitative estimate of drug-likeness (QED) is 0.283. The van der Waals surface area contributed by atoms with Crippen molar-refractivity contribution in [2.45, 2.75) is 19.8 Å². The number of carbonyl (C=O) groups excluding carboxylic acids is 2. The summed E-state index contributed by atoms with van der Waals surface area (Å²) in [5.74, 6) is 0.681. The molecule has 8 heteroatoms. The number of amides is 2. The van der Waals surface area contributed by atoms with Gasteiger partial charge in [-0.05, 0) is 41.8 Å². The number of aromatic nitrogens is 2. The van der Waals surface area contributed by atoms with Crippen molar-refractivity contribution in [3.8, 4) is 22.7 Å².